The van der Waals surface area contributed by atoms with Crippen molar-refractivity contribution in [3.8, 4) is 0 Å². The third-order valence-electron chi connectivity index (χ3n) is 8.86. The molecule has 4 aromatic rings. The van der Waals surface area contributed by atoms with E-state index in [1.807, 2.05) is 11.8 Å². The van der Waals surface area contributed by atoms with E-state index in [9.17, 15) is 0 Å². The molecule has 1 aliphatic rings. The summed E-state index contributed by atoms with van der Waals surface area (Å²) < 4.78 is 14.7. The van der Waals surface area contributed by atoms with E-state index < -0.39 is 16.6 Å². The number of benzene rings is 4. The maximum Gasteiger partial charge on any atom is 0.261 e. The minimum absolute atomic E-state index is 0.0203. The summed E-state index contributed by atoms with van der Waals surface area (Å²) in [4.78, 5) is 0. The summed E-state index contributed by atoms with van der Waals surface area (Å²) in [5.74, 6) is 1.59. The van der Waals surface area contributed by atoms with Gasteiger partial charge in [-0.05, 0) is 36.6 Å². The van der Waals surface area contributed by atoms with Gasteiger partial charge in [-0.25, -0.2) is 0 Å². The monoisotopic (exact) mass is 610 g/mol. The molecule has 0 radical (unpaired) electrons. The van der Waals surface area contributed by atoms with Crippen LogP contribution in [-0.4, -0.2) is 40.9 Å². The van der Waals surface area contributed by atoms with Gasteiger partial charge in [0.1, 0.15) is 0 Å². The molecule has 1 heterocycles. The fourth-order valence-electron chi connectivity index (χ4n) is 6.67. The van der Waals surface area contributed by atoms with Crippen molar-refractivity contribution in [2.75, 3.05) is 19.0 Å². The van der Waals surface area contributed by atoms with Crippen LogP contribution < -0.4 is 20.7 Å². The number of hydrogen-bond donors (Lipinski definition) is 0. The lowest BCUT2D eigenvalue weighted by atomic mass is 10.1. The maximum atomic E-state index is 7.35. The van der Waals surface area contributed by atoms with Crippen molar-refractivity contribution in [3.63, 3.8) is 0 Å². The molecule has 0 amide bonds. The summed E-state index contributed by atoms with van der Waals surface area (Å²) in [5, 5.41) is 5.75. The van der Waals surface area contributed by atoms with Gasteiger partial charge < -0.3 is 8.85 Å². The largest absolute Gasteiger partial charge is 0.407 e. The quantitative estimate of drug-likeness (QED) is 0.183. The molecule has 0 saturated carbocycles. The Hall–Kier alpha value is -2.42. The molecule has 5 heteroatoms. The molecule has 0 aromatic heterocycles. The Labute approximate surface area is 260 Å². The first-order valence-corrected chi connectivity index (χ1v) is 20.1. The van der Waals surface area contributed by atoms with Crippen molar-refractivity contribution in [3.05, 3.63) is 121 Å². The summed E-state index contributed by atoms with van der Waals surface area (Å²) in [5.41, 5.74) is 0. The minimum atomic E-state index is -2.56. The van der Waals surface area contributed by atoms with Gasteiger partial charge in [0, 0.05) is 24.4 Å². The SMILES string of the molecule is CC(C)(C)[Si](OC[C@H]1CS[C@@H]1CO[Si](c1ccccc1)(c1ccccc1)C(C)(C)C)(c1ccccc1)c1ccccc1. The van der Waals surface area contributed by atoms with Gasteiger partial charge >= 0.3 is 0 Å². The molecule has 0 N–H and O–H groups in total. The lowest BCUT2D eigenvalue weighted by Crippen LogP contribution is -2.68. The first-order valence-electron chi connectivity index (χ1n) is 15.2. The average molecular weight is 611 g/mol. The molecule has 42 heavy (non-hydrogen) atoms. The third kappa shape index (κ3) is 5.87. The van der Waals surface area contributed by atoms with Crippen LogP contribution in [0.25, 0.3) is 0 Å². The van der Waals surface area contributed by atoms with Gasteiger partial charge in [0.15, 0.2) is 0 Å². The second kappa shape index (κ2) is 12.7. The van der Waals surface area contributed by atoms with Crippen LogP contribution in [0.5, 0.6) is 0 Å². The summed E-state index contributed by atoms with van der Waals surface area (Å²) in [6, 6.07) is 44.0. The summed E-state index contributed by atoms with van der Waals surface area (Å²) in [6.45, 7) is 15.7. The fraction of sp³-hybridized carbons (Fsp3) is 0.351. The third-order valence-corrected chi connectivity index (χ3v) is 20.4. The Morgan fingerprint density at radius 2 is 0.833 bits per heavy atom. The lowest BCUT2D eigenvalue weighted by Gasteiger charge is -2.47. The fourth-order valence-corrected chi connectivity index (χ4v) is 17.1. The van der Waals surface area contributed by atoms with Gasteiger partial charge in [0.25, 0.3) is 16.6 Å². The van der Waals surface area contributed by atoms with E-state index in [-0.39, 0.29) is 10.1 Å². The normalized spacial score (nSPS) is 18.0. The van der Waals surface area contributed by atoms with E-state index in [1.165, 1.54) is 20.7 Å². The Morgan fingerprint density at radius 1 is 0.524 bits per heavy atom. The van der Waals surface area contributed by atoms with Crippen LogP contribution in [0, 0.1) is 5.92 Å². The van der Waals surface area contributed by atoms with Crippen LogP contribution >= 0.6 is 11.8 Å². The van der Waals surface area contributed by atoms with Crippen LogP contribution in [0.4, 0.5) is 0 Å². The maximum absolute atomic E-state index is 7.35. The topological polar surface area (TPSA) is 18.5 Å². The van der Waals surface area contributed by atoms with E-state index in [1.54, 1.807) is 0 Å². The molecule has 2 nitrogen and oxygen atoms in total. The molecular formula is C37H46O2SSi2. The van der Waals surface area contributed by atoms with E-state index in [2.05, 4.69) is 163 Å². The highest BCUT2D eigenvalue weighted by Crippen LogP contribution is 2.42. The van der Waals surface area contributed by atoms with Gasteiger partial charge in [0.2, 0.25) is 0 Å². The van der Waals surface area contributed by atoms with Crippen molar-refractivity contribution < 1.29 is 8.85 Å². The average Bonchev–Trinajstić information content (AvgIpc) is 2.97. The summed E-state index contributed by atoms with van der Waals surface area (Å²) in [7, 11) is -5.12. The molecule has 5 rings (SSSR count). The number of thioether (sulfide) groups is 1. The molecule has 0 spiro atoms. The van der Waals surface area contributed by atoms with Gasteiger partial charge in [-0.3, -0.25) is 0 Å². The Bertz CT molecular complexity index is 1210. The smallest absolute Gasteiger partial charge is 0.261 e. The summed E-state index contributed by atoms with van der Waals surface area (Å²) >= 11 is 2.04. The summed E-state index contributed by atoms with van der Waals surface area (Å²) in [6.07, 6.45) is 0. The molecule has 0 aliphatic carbocycles. The molecule has 1 saturated heterocycles. The lowest BCUT2D eigenvalue weighted by molar-refractivity contribution is 0.202. The zero-order valence-electron chi connectivity index (χ0n) is 26.0. The first kappa shape index (κ1) is 31.0. The van der Waals surface area contributed by atoms with Crippen LogP contribution in [0.2, 0.25) is 10.1 Å². The second-order valence-electron chi connectivity index (χ2n) is 13.6. The zero-order valence-corrected chi connectivity index (χ0v) is 28.9. The van der Waals surface area contributed by atoms with E-state index in [4.69, 9.17) is 8.85 Å². The van der Waals surface area contributed by atoms with Crippen molar-refractivity contribution in [1.82, 2.24) is 0 Å². The highest BCUT2D eigenvalue weighted by atomic mass is 32.2. The molecule has 4 aromatic carbocycles. The highest BCUT2D eigenvalue weighted by Gasteiger charge is 2.53. The minimum Gasteiger partial charge on any atom is -0.407 e. The number of rotatable bonds is 10. The van der Waals surface area contributed by atoms with E-state index >= 15 is 0 Å². The van der Waals surface area contributed by atoms with Crippen molar-refractivity contribution in [2.24, 2.45) is 5.92 Å². The molecule has 0 bridgehead atoms. The molecule has 2 atom stereocenters. The van der Waals surface area contributed by atoms with Crippen LogP contribution in [0.1, 0.15) is 41.5 Å². The van der Waals surface area contributed by atoms with Crippen LogP contribution in [0.3, 0.4) is 0 Å². The van der Waals surface area contributed by atoms with Crippen molar-refractivity contribution >= 4 is 49.1 Å². The highest BCUT2D eigenvalue weighted by molar-refractivity contribution is 8.01. The van der Waals surface area contributed by atoms with Crippen molar-refractivity contribution in [1.29, 1.82) is 0 Å². The van der Waals surface area contributed by atoms with Crippen LogP contribution in [0.15, 0.2) is 121 Å². The van der Waals surface area contributed by atoms with Gasteiger partial charge in [0.05, 0.1) is 0 Å². The second-order valence-corrected chi connectivity index (χ2v) is 23.5. The predicted molar refractivity (Wildman–Crippen MR) is 187 cm³/mol. The molecule has 1 fully saturated rings. The predicted octanol–water partition coefficient (Wildman–Crippen LogP) is 6.87. The van der Waals surface area contributed by atoms with Gasteiger partial charge in [-0.2, -0.15) is 11.8 Å². The van der Waals surface area contributed by atoms with E-state index in [0.717, 1.165) is 19.0 Å². The first-order chi connectivity index (χ1) is 20.1. The van der Waals surface area contributed by atoms with Gasteiger partial charge in [-0.15, -0.1) is 0 Å². The Balaban J connectivity index is 1.42. The molecule has 220 valence electrons. The Morgan fingerprint density at radius 3 is 1.10 bits per heavy atom. The Kier molecular flexibility index (Phi) is 9.36. The van der Waals surface area contributed by atoms with E-state index in [0.29, 0.717) is 11.2 Å². The van der Waals surface area contributed by atoms with Gasteiger partial charge in [-0.1, -0.05) is 163 Å². The zero-order chi connectivity index (χ0) is 29.8. The molecule has 0 unspecified atom stereocenters. The molecular weight excluding hydrogens is 565 g/mol. The molecule has 1 aliphatic heterocycles. The standard InChI is InChI=1S/C37H46O2SSi2/c1-36(2,3)41(31-19-11-7-12-20-31,32-21-13-8-14-22-32)38-27-30-29-40-35(30)28-39-42(37(4,5)6,33-23-15-9-16-24-33)34-25-17-10-18-26-34/h7-26,30,35H,27-29H2,1-6H3/t30-,35+/m0/s1. The number of hydrogen-bond acceptors (Lipinski definition) is 3. The van der Waals surface area contributed by atoms with Crippen LogP contribution in [-0.2, 0) is 8.85 Å². The van der Waals surface area contributed by atoms with Crippen molar-refractivity contribution in [2.45, 2.75) is 56.9 Å².